The lowest BCUT2D eigenvalue weighted by Crippen LogP contribution is -2.70. The number of hydroxylamine groups is 6. The van der Waals surface area contributed by atoms with E-state index < -0.39 is 55.0 Å². The maximum absolute atomic E-state index is 15.1. The Morgan fingerprint density at radius 1 is 0.788 bits per heavy atom. The van der Waals surface area contributed by atoms with Crippen molar-refractivity contribution in [3.63, 3.8) is 0 Å². The molecule has 2 aliphatic rings. The number of nitrogens with one attached hydrogen (secondary N) is 2. The number of alkyl halides is 2. The second-order valence-electron chi connectivity index (χ2n) is 5.95. The summed E-state index contributed by atoms with van der Waals surface area (Å²) in [5.41, 5.74) is 2.56. The zero-order chi connectivity index (χ0) is 25.0. The fraction of sp³-hybridized carbons (Fsp3) is 0.750. The molecular formula is C8H8F2N10O13. The van der Waals surface area contributed by atoms with E-state index in [-0.39, 0.29) is 10.1 Å². The lowest BCUT2D eigenvalue weighted by Gasteiger charge is -2.24. The van der Waals surface area contributed by atoms with Gasteiger partial charge in [-0.25, -0.2) is 4.63 Å². The fourth-order valence-electron chi connectivity index (χ4n) is 2.55. The molecule has 0 amide bonds. The highest BCUT2D eigenvalue weighted by molar-refractivity contribution is 5.23. The molecule has 0 aliphatic carbocycles. The molecule has 33 heavy (non-hydrogen) atoms. The number of ether oxygens (including phenoxy) is 2. The molecule has 4 atom stereocenters. The van der Waals surface area contributed by atoms with Gasteiger partial charge in [-0.15, -0.1) is 8.78 Å². The highest BCUT2D eigenvalue weighted by atomic mass is 19.2. The number of halogens is 2. The molecule has 0 radical (unpaired) electrons. The summed E-state index contributed by atoms with van der Waals surface area (Å²) in [6.07, 6.45) is 0. The van der Waals surface area contributed by atoms with Crippen molar-refractivity contribution in [2.24, 2.45) is 0 Å². The first-order valence-electron chi connectivity index (χ1n) is 7.73. The van der Waals surface area contributed by atoms with Gasteiger partial charge < -0.3 is 9.47 Å². The lowest BCUT2D eigenvalue weighted by atomic mass is 10.3. The van der Waals surface area contributed by atoms with E-state index in [4.69, 9.17) is 0 Å². The molecular weight excluding hydrogens is 482 g/mol. The minimum Gasteiger partial charge on any atom is -0.378 e. The van der Waals surface area contributed by atoms with E-state index in [1.165, 1.54) is 11.0 Å². The second kappa shape index (κ2) is 7.25. The predicted octanol–water partition coefficient (Wildman–Crippen LogP) is -2.75. The van der Waals surface area contributed by atoms with Crippen molar-refractivity contribution >= 4 is 0 Å². The Morgan fingerprint density at radius 2 is 1.12 bits per heavy atom. The summed E-state index contributed by atoms with van der Waals surface area (Å²) in [5, 5.41) is 50.7. The van der Waals surface area contributed by atoms with Crippen LogP contribution in [0.3, 0.4) is 0 Å². The van der Waals surface area contributed by atoms with E-state index in [0.717, 1.165) is 0 Å². The zero-order valence-electron chi connectivity index (χ0n) is 15.6. The maximum atomic E-state index is 15.1. The first-order chi connectivity index (χ1) is 15.2. The summed E-state index contributed by atoms with van der Waals surface area (Å²) in [4.78, 5) is 46.9. The van der Waals surface area contributed by atoms with Gasteiger partial charge in [-0.05, 0) is 10.3 Å². The van der Waals surface area contributed by atoms with E-state index >= 15 is 8.78 Å². The van der Waals surface area contributed by atoms with E-state index in [9.17, 15) is 40.5 Å². The molecule has 23 nitrogen and oxygen atoms in total. The van der Waals surface area contributed by atoms with Crippen LogP contribution in [0, 0.1) is 40.5 Å². The van der Waals surface area contributed by atoms with E-state index in [1.54, 1.807) is 0 Å². The Hall–Kier alpha value is -4.04. The third kappa shape index (κ3) is 2.81. The Bertz CT molecular complexity index is 951. The maximum Gasteiger partial charge on any atom is 0.574 e. The Morgan fingerprint density at radius 3 is 1.39 bits per heavy atom. The van der Waals surface area contributed by atoms with Gasteiger partial charge in [0.15, 0.2) is 0 Å². The number of hydrogen-bond acceptors (Lipinski definition) is 19. The molecule has 4 unspecified atom stereocenters. The standard InChI is InChI=1S/C8H8F2N10O13/c1-15-5(9,17(21)22)7(13-32-15,19(25)26)29-3-4(12-31-11-3)30-8(20(27)28)6(10,18(23)24)16(2)33-14-8/h13-14H,1-2H3. The Balaban J connectivity index is 2.07. The van der Waals surface area contributed by atoms with E-state index in [1.807, 2.05) is 0 Å². The molecule has 3 rings (SSSR count). The first kappa shape index (κ1) is 23.6. The molecule has 182 valence electrons. The number of hydrogen-bond donors (Lipinski definition) is 2. The van der Waals surface area contributed by atoms with Crippen LogP contribution in [0.1, 0.15) is 0 Å². The number of likely N-dealkylation sites (N-methyl/N-ethyl adjacent to an activating group) is 2. The minimum absolute atomic E-state index is 0.275. The van der Waals surface area contributed by atoms with Gasteiger partial charge in [0.1, 0.15) is 9.85 Å². The lowest BCUT2D eigenvalue weighted by molar-refractivity contribution is -0.757. The summed E-state index contributed by atoms with van der Waals surface area (Å²) in [7, 11) is 1.10. The van der Waals surface area contributed by atoms with Gasteiger partial charge in [0.05, 0.1) is 9.85 Å². The van der Waals surface area contributed by atoms with Crippen molar-refractivity contribution < 1.29 is 52.5 Å². The number of aromatic nitrogens is 2. The summed E-state index contributed by atoms with van der Waals surface area (Å²) >= 11 is 0. The van der Waals surface area contributed by atoms with Crippen molar-refractivity contribution in [3.05, 3.63) is 40.5 Å². The third-order valence-electron chi connectivity index (χ3n) is 4.26. The smallest absolute Gasteiger partial charge is 0.378 e. The van der Waals surface area contributed by atoms with Crippen LogP contribution in [0.5, 0.6) is 11.8 Å². The molecule has 0 saturated carbocycles. The molecule has 0 spiro atoms. The zero-order valence-corrected chi connectivity index (χ0v) is 15.6. The molecule has 25 heteroatoms. The van der Waals surface area contributed by atoms with Crippen molar-refractivity contribution in [2.75, 3.05) is 14.1 Å². The van der Waals surface area contributed by atoms with Gasteiger partial charge in [-0.2, -0.15) is 9.88 Å². The number of rotatable bonds is 8. The van der Waals surface area contributed by atoms with Crippen LogP contribution < -0.4 is 20.4 Å². The summed E-state index contributed by atoms with van der Waals surface area (Å²) in [6.45, 7) is 0. The van der Waals surface area contributed by atoms with Gasteiger partial charge in [-0.1, -0.05) is 21.1 Å². The Labute approximate surface area is 175 Å². The van der Waals surface area contributed by atoms with Crippen molar-refractivity contribution in [1.29, 1.82) is 0 Å². The van der Waals surface area contributed by atoms with Crippen LogP contribution in [0.2, 0.25) is 0 Å². The molecule has 2 N–H and O–H groups in total. The van der Waals surface area contributed by atoms with Crippen molar-refractivity contribution in [1.82, 2.24) is 31.4 Å². The summed E-state index contributed by atoms with van der Waals surface area (Å²) in [5.74, 6) is -19.7. The van der Waals surface area contributed by atoms with Gasteiger partial charge in [0.2, 0.25) is 0 Å². The van der Waals surface area contributed by atoms with Crippen LogP contribution >= 0.6 is 0 Å². The monoisotopic (exact) mass is 490 g/mol. The van der Waals surface area contributed by atoms with Crippen LogP contribution in [0.25, 0.3) is 0 Å². The molecule has 2 saturated heterocycles. The largest absolute Gasteiger partial charge is 0.574 e. The van der Waals surface area contributed by atoms with Gasteiger partial charge in [0, 0.05) is 14.1 Å². The molecule has 1 aromatic heterocycles. The summed E-state index contributed by atoms with van der Waals surface area (Å²) in [6, 6.07) is 0. The third-order valence-corrected chi connectivity index (χ3v) is 4.26. The average molecular weight is 490 g/mol. The highest BCUT2D eigenvalue weighted by Gasteiger charge is 2.88. The van der Waals surface area contributed by atoms with E-state index in [2.05, 4.69) is 34.3 Å². The summed E-state index contributed by atoms with van der Waals surface area (Å²) < 4.78 is 43.3. The minimum atomic E-state index is -4.33. The van der Waals surface area contributed by atoms with Crippen LogP contribution in [0.15, 0.2) is 4.63 Å². The van der Waals surface area contributed by atoms with Crippen molar-refractivity contribution in [3.8, 4) is 11.8 Å². The second-order valence-corrected chi connectivity index (χ2v) is 5.95. The van der Waals surface area contributed by atoms with E-state index in [0.29, 0.717) is 14.1 Å². The first-order valence-corrected chi connectivity index (χ1v) is 7.73. The normalized spacial score (nSPS) is 34.8. The van der Waals surface area contributed by atoms with Gasteiger partial charge >= 0.3 is 35.3 Å². The molecule has 3 heterocycles. The van der Waals surface area contributed by atoms with Crippen LogP contribution in [0.4, 0.5) is 8.78 Å². The molecule has 2 fully saturated rings. The van der Waals surface area contributed by atoms with Crippen LogP contribution in [-0.2, 0) is 9.88 Å². The predicted molar refractivity (Wildman–Crippen MR) is 80.6 cm³/mol. The number of nitrogens with zero attached hydrogens (tertiary/aromatic N) is 8. The van der Waals surface area contributed by atoms with Gasteiger partial charge in [0.25, 0.3) is 0 Å². The fourth-order valence-corrected chi connectivity index (χ4v) is 2.55. The van der Waals surface area contributed by atoms with Gasteiger partial charge in [-0.3, -0.25) is 40.5 Å². The van der Waals surface area contributed by atoms with Crippen molar-refractivity contribution in [2.45, 2.75) is 23.5 Å². The molecule has 2 aliphatic heterocycles. The average Bonchev–Trinajstić information content (AvgIpc) is 3.35. The molecule has 0 aromatic carbocycles. The molecule has 1 aromatic rings. The highest BCUT2D eigenvalue weighted by Crippen LogP contribution is 2.42. The molecule has 0 bridgehead atoms. The quantitative estimate of drug-likeness (QED) is 0.161. The van der Waals surface area contributed by atoms with Crippen LogP contribution in [-0.4, -0.2) is 77.8 Å². The number of nitro groups is 4. The SMILES string of the molecule is CN1ONC(Oc2nonc2OC2([N+](=O)[O-])NON(C)C2(F)[N+](=O)[O-])([N+](=O)[O-])C1(F)[N+](=O)[O-]. The topological polar surface area (TPSA) is 279 Å². The Kier molecular flexibility index (Phi) is 5.19.